The van der Waals surface area contributed by atoms with Crippen LogP contribution in [0.1, 0.15) is 25.3 Å². The van der Waals surface area contributed by atoms with Crippen molar-refractivity contribution < 1.29 is 9.53 Å². The first-order valence-corrected chi connectivity index (χ1v) is 12.9. The number of carbonyl (C=O) groups is 1. The van der Waals surface area contributed by atoms with Crippen LogP contribution in [0.15, 0.2) is 79.3 Å². The van der Waals surface area contributed by atoms with Gasteiger partial charge in [0.2, 0.25) is 5.91 Å². The second-order valence-corrected chi connectivity index (χ2v) is 9.92. The van der Waals surface area contributed by atoms with E-state index in [4.69, 9.17) is 15.7 Å². The van der Waals surface area contributed by atoms with Gasteiger partial charge >= 0.3 is 0 Å². The molecule has 2 fully saturated rings. The van der Waals surface area contributed by atoms with Gasteiger partial charge in [0.1, 0.15) is 29.3 Å². The van der Waals surface area contributed by atoms with E-state index in [1.165, 1.54) is 12.4 Å². The highest BCUT2D eigenvalue weighted by Crippen LogP contribution is 2.42. The Labute approximate surface area is 221 Å². The number of anilines is 1. The predicted molar refractivity (Wildman–Crippen MR) is 145 cm³/mol. The molecular weight excluding hydrogens is 476 g/mol. The third kappa shape index (κ3) is 4.59. The van der Waals surface area contributed by atoms with Crippen LogP contribution in [0.25, 0.3) is 22.2 Å². The molecular formula is C30H28N6O2. The summed E-state index contributed by atoms with van der Waals surface area (Å²) in [7, 11) is 0. The van der Waals surface area contributed by atoms with E-state index in [-0.39, 0.29) is 23.8 Å². The van der Waals surface area contributed by atoms with E-state index in [2.05, 4.69) is 20.7 Å². The van der Waals surface area contributed by atoms with E-state index in [0.29, 0.717) is 12.4 Å². The fourth-order valence-electron chi connectivity index (χ4n) is 5.43. The van der Waals surface area contributed by atoms with Gasteiger partial charge in [0, 0.05) is 36.8 Å². The number of piperidine rings is 1. The Morgan fingerprint density at radius 3 is 2.68 bits per heavy atom. The summed E-state index contributed by atoms with van der Waals surface area (Å²) < 4.78 is 8.12. The Kier molecular flexibility index (Phi) is 6.26. The van der Waals surface area contributed by atoms with Crippen molar-refractivity contribution in [1.29, 1.82) is 5.26 Å². The second-order valence-electron chi connectivity index (χ2n) is 9.92. The molecule has 1 saturated heterocycles. The zero-order valence-electron chi connectivity index (χ0n) is 20.9. The number of fused-ring (bicyclic) bond motifs is 1. The Balaban J connectivity index is 1.27. The van der Waals surface area contributed by atoms with Crippen molar-refractivity contribution in [3.63, 3.8) is 0 Å². The zero-order valence-corrected chi connectivity index (χ0v) is 20.9. The molecule has 2 N–H and O–H groups in total. The molecule has 4 aromatic rings. The maximum atomic E-state index is 13.2. The van der Waals surface area contributed by atoms with Gasteiger partial charge in [0.05, 0.1) is 17.5 Å². The molecule has 190 valence electrons. The quantitative estimate of drug-likeness (QED) is 0.354. The number of nitrogen functional groups attached to an aromatic ring is 1. The normalized spacial score (nSPS) is 20.9. The van der Waals surface area contributed by atoms with Crippen LogP contribution in [-0.4, -0.2) is 38.4 Å². The van der Waals surface area contributed by atoms with Gasteiger partial charge in [0.25, 0.3) is 0 Å². The summed E-state index contributed by atoms with van der Waals surface area (Å²) in [6.07, 6.45) is 9.61. The maximum Gasteiger partial charge on any atom is 0.226 e. The molecule has 38 heavy (non-hydrogen) atoms. The molecule has 8 nitrogen and oxygen atoms in total. The lowest BCUT2D eigenvalue weighted by Gasteiger charge is -2.34. The van der Waals surface area contributed by atoms with Crippen LogP contribution in [0.2, 0.25) is 0 Å². The van der Waals surface area contributed by atoms with Crippen LogP contribution in [0, 0.1) is 23.2 Å². The van der Waals surface area contributed by atoms with E-state index >= 15 is 0 Å². The molecule has 3 atom stereocenters. The SMILES string of the molecule is N#CC=CC1CC1C(=O)N1CCCC(n2cc(-c3ccc(Oc4ccccc4)cc3)c3c(N)ncnc32)C1. The highest BCUT2D eigenvalue weighted by atomic mass is 16.5. The minimum absolute atomic E-state index is 0.00935. The number of likely N-dealkylation sites (tertiary alicyclic amines) is 1. The summed E-state index contributed by atoms with van der Waals surface area (Å²) in [5.74, 6) is 2.32. The standard InChI is InChI=1S/C30H28N6O2/c31-14-4-6-21-16-25(21)30(37)35-15-5-7-22(17-35)36-18-26(27-28(32)33-19-34-29(27)36)20-10-12-24(13-11-20)38-23-8-2-1-3-9-23/h1-4,6,8-13,18-19,21-22,25H,5,7,15-17H2,(H2,32,33,34). The van der Waals surface area contributed by atoms with Gasteiger partial charge in [-0.2, -0.15) is 5.26 Å². The number of hydrogen-bond donors (Lipinski definition) is 1. The zero-order chi connectivity index (χ0) is 26.1. The van der Waals surface area contributed by atoms with Gasteiger partial charge in [-0.3, -0.25) is 4.79 Å². The van der Waals surface area contributed by atoms with Crippen molar-refractivity contribution in [2.24, 2.45) is 11.8 Å². The number of carbonyl (C=O) groups excluding carboxylic acids is 1. The van der Waals surface area contributed by atoms with Crippen molar-refractivity contribution in [3.8, 4) is 28.7 Å². The number of nitriles is 1. The topological polar surface area (TPSA) is 110 Å². The lowest BCUT2D eigenvalue weighted by molar-refractivity contribution is -0.134. The average Bonchev–Trinajstić information content (AvgIpc) is 3.63. The van der Waals surface area contributed by atoms with Gasteiger partial charge in [-0.15, -0.1) is 0 Å². The highest BCUT2D eigenvalue weighted by Gasteiger charge is 2.44. The number of aromatic nitrogens is 3. The molecule has 0 bridgehead atoms. The number of amides is 1. The maximum absolute atomic E-state index is 13.2. The van der Waals surface area contributed by atoms with Crippen molar-refractivity contribution in [1.82, 2.24) is 19.4 Å². The smallest absolute Gasteiger partial charge is 0.226 e. The first-order chi connectivity index (χ1) is 18.6. The lowest BCUT2D eigenvalue weighted by atomic mass is 10.0. The van der Waals surface area contributed by atoms with Crippen LogP contribution in [0.4, 0.5) is 5.82 Å². The predicted octanol–water partition coefficient (Wildman–Crippen LogP) is 5.35. The fraction of sp³-hybridized carbons (Fsp3) is 0.267. The van der Waals surface area contributed by atoms with E-state index in [1.54, 1.807) is 0 Å². The molecule has 1 saturated carbocycles. The van der Waals surface area contributed by atoms with E-state index < -0.39 is 0 Å². The first kappa shape index (κ1) is 23.7. The highest BCUT2D eigenvalue weighted by molar-refractivity contribution is 6.00. The summed E-state index contributed by atoms with van der Waals surface area (Å²) in [6, 6.07) is 19.7. The molecule has 6 rings (SSSR count). The molecule has 2 aliphatic rings. The number of rotatable bonds is 6. The van der Waals surface area contributed by atoms with Crippen molar-refractivity contribution >= 4 is 22.8 Å². The van der Waals surface area contributed by atoms with Gasteiger partial charge in [-0.05, 0) is 55.0 Å². The summed E-state index contributed by atoms with van der Waals surface area (Å²) in [4.78, 5) is 24.0. The summed E-state index contributed by atoms with van der Waals surface area (Å²) in [5, 5.41) is 9.60. The molecule has 2 aromatic carbocycles. The first-order valence-electron chi connectivity index (χ1n) is 12.9. The molecule has 0 spiro atoms. The van der Waals surface area contributed by atoms with Gasteiger partial charge in [-0.1, -0.05) is 36.4 Å². The Hall–Kier alpha value is -4.64. The Bertz CT molecular complexity index is 1540. The molecule has 2 aromatic heterocycles. The monoisotopic (exact) mass is 504 g/mol. The van der Waals surface area contributed by atoms with Crippen molar-refractivity contribution in [3.05, 3.63) is 79.3 Å². The Morgan fingerprint density at radius 2 is 1.89 bits per heavy atom. The molecule has 1 aliphatic carbocycles. The van der Waals surface area contributed by atoms with Crippen molar-refractivity contribution in [2.75, 3.05) is 18.8 Å². The van der Waals surface area contributed by atoms with E-state index in [0.717, 1.165) is 59.5 Å². The van der Waals surface area contributed by atoms with E-state index in [1.807, 2.05) is 71.6 Å². The van der Waals surface area contributed by atoms with Gasteiger partial charge < -0.3 is 19.9 Å². The molecule has 3 unspecified atom stereocenters. The number of hydrogen-bond acceptors (Lipinski definition) is 6. The molecule has 3 heterocycles. The minimum atomic E-state index is -0.00935. The lowest BCUT2D eigenvalue weighted by Crippen LogP contribution is -2.41. The van der Waals surface area contributed by atoms with Crippen molar-refractivity contribution in [2.45, 2.75) is 25.3 Å². The van der Waals surface area contributed by atoms with Crippen LogP contribution < -0.4 is 10.5 Å². The fourth-order valence-corrected chi connectivity index (χ4v) is 5.43. The van der Waals surface area contributed by atoms with Crippen LogP contribution in [-0.2, 0) is 4.79 Å². The van der Waals surface area contributed by atoms with Crippen LogP contribution >= 0.6 is 0 Å². The number of ether oxygens (including phenoxy) is 1. The number of benzene rings is 2. The largest absolute Gasteiger partial charge is 0.457 e. The molecule has 1 aliphatic heterocycles. The van der Waals surface area contributed by atoms with Crippen LogP contribution in [0.5, 0.6) is 11.5 Å². The molecule has 1 amide bonds. The summed E-state index contributed by atoms with van der Waals surface area (Å²) >= 11 is 0. The van der Waals surface area contributed by atoms with Crippen LogP contribution in [0.3, 0.4) is 0 Å². The van der Waals surface area contributed by atoms with Gasteiger partial charge in [-0.25, -0.2) is 9.97 Å². The average molecular weight is 505 g/mol. The third-order valence-corrected chi connectivity index (χ3v) is 7.46. The summed E-state index contributed by atoms with van der Waals surface area (Å²) in [6.45, 7) is 1.38. The molecule has 0 radical (unpaired) electrons. The number of para-hydroxylation sites is 1. The number of nitrogens with two attached hydrogens (primary N) is 1. The minimum Gasteiger partial charge on any atom is -0.457 e. The van der Waals surface area contributed by atoms with E-state index in [9.17, 15) is 4.79 Å². The third-order valence-electron chi connectivity index (χ3n) is 7.46. The second kappa shape index (κ2) is 10.0. The Morgan fingerprint density at radius 1 is 1.11 bits per heavy atom. The number of allylic oxidation sites excluding steroid dienone is 2. The summed E-state index contributed by atoms with van der Waals surface area (Å²) in [5.41, 5.74) is 9.09. The number of nitrogens with zero attached hydrogens (tertiary/aromatic N) is 5. The molecule has 8 heteroatoms. The van der Waals surface area contributed by atoms with Gasteiger partial charge in [0.15, 0.2) is 0 Å².